The van der Waals surface area contributed by atoms with Gasteiger partial charge in [0.25, 0.3) is 0 Å². The molecule has 0 aliphatic carbocycles. The number of imidazole rings is 1. The summed E-state index contributed by atoms with van der Waals surface area (Å²) in [5.41, 5.74) is 2.11. The average Bonchev–Trinajstić information content (AvgIpc) is 3.15. The van der Waals surface area contributed by atoms with Gasteiger partial charge in [0.05, 0.1) is 6.04 Å². The van der Waals surface area contributed by atoms with Gasteiger partial charge >= 0.3 is 0 Å². The van der Waals surface area contributed by atoms with Crippen molar-refractivity contribution in [2.45, 2.75) is 26.8 Å². The summed E-state index contributed by atoms with van der Waals surface area (Å²) in [7, 11) is 0. The van der Waals surface area contributed by atoms with Gasteiger partial charge in [-0.3, -0.25) is 0 Å². The smallest absolute Gasteiger partial charge is 0.140 e. The molecule has 1 aromatic carbocycles. The Bertz CT molecular complexity index is 762. The van der Waals surface area contributed by atoms with Gasteiger partial charge in [-0.15, -0.1) is 11.3 Å². The molecule has 0 aliphatic heterocycles. The first-order chi connectivity index (χ1) is 10.1. The minimum atomic E-state index is -0.163. The Morgan fingerprint density at radius 1 is 1.19 bits per heavy atom. The highest BCUT2D eigenvalue weighted by Gasteiger charge is 2.18. The van der Waals surface area contributed by atoms with Crippen LogP contribution < -0.4 is 0 Å². The Labute approximate surface area is 127 Å². The van der Waals surface area contributed by atoms with Crippen molar-refractivity contribution < 1.29 is 4.39 Å². The molecule has 0 amide bonds. The Balaban J connectivity index is 2.10. The normalized spacial score (nSPS) is 12.6. The minimum absolute atomic E-state index is 0.0752. The zero-order valence-corrected chi connectivity index (χ0v) is 13.0. The van der Waals surface area contributed by atoms with Crippen LogP contribution in [0.2, 0.25) is 0 Å². The van der Waals surface area contributed by atoms with Crippen molar-refractivity contribution in [3.8, 4) is 11.4 Å². The number of halogens is 1. The van der Waals surface area contributed by atoms with Crippen LogP contribution in [0.4, 0.5) is 4.39 Å². The van der Waals surface area contributed by atoms with E-state index in [0.29, 0.717) is 11.1 Å². The van der Waals surface area contributed by atoms with Crippen LogP contribution in [0.3, 0.4) is 0 Å². The summed E-state index contributed by atoms with van der Waals surface area (Å²) in [5, 5.41) is 2.97. The molecule has 0 bridgehead atoms. The molecule has 2 heterocycles. The van der Waals surface area contributed by atoms with Crippen molar-refractivity contribution in [2.24, 2.45) is 0 Å². The average molecular weight is 301 g/mol. The molecule has 0 aliphatic rings. The third-order valence-corrected chi connectivity index (χ3v) is 4.66. The van der Waals surface area contributed by atoms with Crippen molar-refractivity contribution in [1.82, 2.24) is 14.5 Å². The van der Waals surface area contributed by atoms with Crippen LogP contribution in [0.15, 0.2) is 36.1 Å². The number of nitrogens with zero attached hydrogens (tertiary/aromatic N) is 3. The van der Waals surface area contributed by atoms with Gasteiger partial charge in [-0.2, -0.15) is 0 Å². The maximum Gasteiger partial charge on any atom is 0.140 e. The van der Waals surface area contributed by atoms with Crippen molar-refractivity contribution in [2.75, 3.05) is 0 Å². The molecule has 0 N–H and O–H groups in total. The van der Waals surface area contributed by atoms with Crippen LogP contribution in [-0.4, -0.2) is 14.5 Å². The SMILES string of the molecule is Cc1ccc(-c2nccn2[C@H](C)c2nccs2)c(C)c1F. The Hall–Kier alpha value is -2.01. The van der Waals surface area contributed by atoms with Crippen molar-refractivity contribution in [3.63, 3.8) is 0 Å². The number of hydrogen-bond acceptors (Lipinski definition) is 3. The van der Waals surface area contributed by atoms with E-state index in [4.69, 9.17) is 0 Å². The number of hydrogen-bond donors (Lipinski definition) is 0. The number of aromatic nitrogens is 3. The second kappa shape index (κ2) is 5.41. The van der Waals surface area contributed by atoms with E-state index in [9.17, 15) is 4.39 Å². The molecule has 0 radical (unpaired) electrons. The Kier molecular flexibility index (Phi) is 3.59. The molecule has 3 nitrogen and oxygen atoms in total. The molecule has 0 saturated heterocycles. The lowest BCUT2D eigenvalue weighted by molar-refractivity contribution is 0.607. The quantitative estimate of drug-likeness (QED) is 0.719. The van der Waals surface area contributed by atoms with E-state index in [0.717, 1.165) is 16.4 Å². The first-order valence-corrected chi connectivity index (χ1v) is 7.66. The number of benzene rings is 1. The summed E-state index contributed by atoms with van der Waals surface area (Å²) in [6, 6.07) is 3.80. The summed E-state index contributed by atoms with van der Waals surface area (Å²) in [6.07, 6.45) is 5.46. The zero-order valence-electron chi connectivity index (χ0n) is 12.2. The highest BCUT2D eigenvalue weighted by molar-refractivity contribution is 7.09. The van der Waals surface area contributed by atoms with E-state index >= 15 is 0 Å². The second-order valence-electron chi connectivity index (χ2n) is 5.07. The highest BCUT2D eigenvalue weighted by Crippen LogP contribution is 2.30. The molecular formula is C16H16FN3S. The van der Waals surface area contributed by atoms with Crippen molar-refractivity contribution in [1.29, 1.82) is 0 Å². The first-order valence-electron chi connectivity index (χ1n) is 6.78. The highest BCUT2D eigenvalue weighted by atomic mass is 32.1. The van der Waals surface area contributed by atoms with Gasteiger partial charge in [0.15, 0.2) is 0 Å². The third kappa shape index (κ3) is 2.38. The molecule has 0 saturated carbocycles. The maximum atomic E-state index is 14.1. The summed E-state index contributed by atoms with van der Waals surface area (Å²) in [5.74, 6) is 0.609. The topological polar surface area (TPSA) is 30.7 Å². The lowest BCUT2D eigenvalue weighted by atomic mass is 10.0. The third-order valence-electron chi connectivity index (χ3n) is 3.72. The largest absolute Gasteiger partial charge is 0.321 e. The number of thiazole rings is 1. The molecule has 2 aromatic heterocycles. The molecule has 3 rings (SSSR count). The van der Waals surface area contributed by atoms with Gasteiger partial charge in [-0.05, 0) is 31.9 Å². The molecule has 0 fully saturated rings. The predicted octanol–water partition coefficient (Wildman–Crippen LogP) is 4.37. The van der Waals surface area contributed by atoms with E-state index in [-0.39, 0.29) is 11.9 Å². The van der Waals surface area contributed by atoms with Crippen LogP contribution in [0.5, 0.6) is 0 Å². The Morgan fingerprint density at radius 3 is 2.71 bits per heavy atom. The van der Waals surface area contributed by atoms with Gasteiger partial charge in [-0.25, -0.2) is 14.4 Å². The van der Waals surface area contributed by atoms with E-state index in [1.165, 1.54) is 0 Å². The van der Waals surface area contributed by atoms with Crippen molar-refractivity contribution in [3.05, 3.63) is 58.1 Å². The van der Waals surface area contributed by atoms with E-state index in [1.54, 1.807) is 43.6 Å². The monoisotopic (exact) mass is 301 g/mol. The van der Waals surface area contributed by atoms with Gasteiger partial charge in [0.2, 0.25) is 0 Å². The van der Waals surface area contributed by atoms with E-state index in [1.807, 2.05) is 22.2 Å². The fraction of sp³-hybridized carbons (Fsp3) is 0.250. The molecule has 0 unspecified atom stereocenters. The second-order valence-corrected chi connectivity index (χ2v) is 6.00. The van der Waals surface area contributed by atoms with Crippen LogP contribution >= 0.6 is 11.3 Å². The van der Waals surface area contributed by atoms with Gasteiger partial charge in [-0.1, -0.05) is 12.1 Å². The Morgan fingerprint density at radius 2 is 2.00 bits per heavy atom. The molecule has 3 aromatic rings. The van der Waals surface area contributed by atoms with Crippen LogP contribution in [-0.2, 0) is 0 Å². The van der Waals surface area contributed by atoms with Crippen molar-refractivity contribution >= 4 is 11.3 Å². The summed E-state index contributed by atoms with van der Waals surface area (Å²) < 4.78 is 16.2. The van der Waals surface area contributed by atoms with Crippen LogP contribution in [0.25, 0.3) is 11.4 Å². The molecular weight excluding hydrogens is 285 g/mol. The minimum Gasteiger partial charge on any atom is -0.321 e. The standard InChI is InChI=1S/C16H16FN3S/c1-10-4-5-13(11(2)14(10)17)15-18-6-8-20(15)12(3)16-19-7-9-21-16/h4-9,12H,1-3H3/t12-/m1/s1. The summed E-state index contributed by atoms with van der Waals surface area (Å²) in [6.45, 7) is 5.64. The maximum absolute atomic E-state index is 14.1. The lowest BCUT2D eigenvalue weighted by Gasteiger charge is -2.16. The van der Waals surface area contributed by atoms with Gasteiger partial charge < -0.3 is 4.57 Å². The fourth-order valence-electron chi connectivity index (χ4n) is 2.46. The number of rotatable bonds is 3. The molecule has 1 atom stereocenters. The number of aryl methyl sites for hydroxylation is 1. The van der Waals surface area contributed by atoms with Gasteiger partial charge in [0, 0.05) is 29.5 Å². The van der Waals surface area contributed by atoms with Crippen LogP contribution in [0, 0.1) is 19.7 Å². The zero-order chi connectivity index (χ0) is 15.0. The molecule has 0 spiro atoms. The molecule has 5 heteroatoms. The molecule has 21 heavy (non-hydrogen) atoms. The summed E-state index contributed by atoms with van der Waals surface area (Å²) >= 11 is 1.61. The van der Waals surface area contributed by atoms with E-state index in [2.05, 4.69) is 16.9 Å². The predicted molar refractivity (Wildman–Crippen MR) is 83.0 cm³/mol. The first kappa shape index (κ1) is 13.9. The fourth-order valence-corrected chi connectivity index (χ4v) is 3.15. The van der Waals surface area contributed by atoms with Crippen LogP contribution in [0.1, 0.15) is 29.1 Å². The lowest BCUT2D eigenvalue weighted by Crippen LogP contribution is -2.08. The van der Waals surface area contributed by atoms with Gasteiger partial charge in [0.1, 0.15) is 16.6 Å². The summed E-state index contributed by atoms with van der Waals surface area (Å²) in [4.78, 5) is 8.78. The van der Waals surface area contributed by atoms with E-state index < -0.39 is 0 Å². The molecule has 108 valence electrons.